The van der Waals surface area contributed by atoms with E-state index in [4.69, 9.17) is 10.3 Å². The van der Waals surface area contributed by atoms with E-state index in [0.29, 0.717) is 0 Å². The zero-order valence-corrected chi connectivity index (χ0v) is 4.61. The average Bonchev–Trinajstić information content (AvgIpc) is 2.45. The minimum absolute atomic E-state index is 0.0139. The van der Waals surface area contributed by atoms with Crippen molar-refractivity contribution in [3.63, 3.8) is 0 Å². The Labute approximate surface area is 47.1 Å². The Hall–Kier alpha value is -0.730. The van der Waals surface area contributed by atoms with Gasteiger partial charge in [0.25, 0.3) is 0 Å². The van der Waals surface area contributed by atoms with Crippen LogP contribution in [0.3, 0.4) is 0 Å². The van der Waals surface area contributed by atoms with Crippen molar-refractivity contribution < 1.29 is 4.74 Å². The van der Waals surface area contributed by atoms with E-state index in [1.807, 2.05) is 6.92 Å². The van der Waals surface area contributed by atoms with Gasteiger partial charge < -0.3 is 4.74 Å². The van der Waals surface area contributed by atoms with Crippen molar-refractivity contribution in [3.8, 4) is 0 Å². The largest absolute Gasteiger partial charge is 0.373 e. The lowest BCUT2D eigenvalue weighted by Crippen LogP contribution is -2.04. The molecule has 8 heavy (non-hydrogen) atoms. The molecule has 0 aromatic rings. The molecule has 1 saturated heterocycles. The molecule has 1 aliphatic heterocycles. The van der Waals surface area contributed by atoms with Crippen molar-refractivity contribution in [1.29, 1.82) is 0 Å². The number of rotatable bonds is 2. The van der Waals surface area contributed by atoms with Gasteiger partial charge in [-0.2, -0.15) is 0 Å². The summed E-state index contributed by atoms with van der Waals surface area (Å²) in [6, 6.07) is 0.0139. The Morgan fingerprint density at radius 1 is 2.00 bits per heavy atom. The zero-order valence-electron chi connectivity index (χ0n) is 4.61. The van der Waals surface area contributed by atoms with Gasteiger partial charge in [0.1, 0.15) is 0 Å². The van der Waals surface area contributed by atoms with Crippen LogP contribution < -0.4 is 0 Å². The van der Waals surface area contributed by atoms with Crippen molar-refractivity contribution in [2.75, 3.05) is 6.61 Å². The molecule has 0 N–H and O–H groups in total. The summed E-state index contributed by atoms with van der Waals surface area (Å²) in [5.41, 5.74) is 7.92. The molecule has 2 atom stereocenters. The zero-order chi connectivity index (χ0) is 5.98. The third kappa shape index (κ3) is 1.12. The third-order valence-corrected chi connectivity index (χ3v) is 1.13. The summed E-state index contributed by atoms with van der Waals surface area (Å²) in [5, 5.41) is 3.44. The smallest absolute Gasteiger partial charge is 0.0891 e. The maximum Gasteiger partial charge on any atom is 0.0891 e. The first-order valence-electron chi connectivity index (χ1n) is 2.50. The van der Waals surface area contributed by atoms with Gasteiger partial charge in [-0.05, 0) is 5.53 Å². The molecule has 0 bridgehead atoms. The molecule has 0 spiro atoms. The van der Waals surface area contributed by atoms with E-state index in [9.17, 15) is 0 Å². The average molecular weight is 113 g/mol. The Balaban J connectivity index is 2.32. The molecule has 0 saturated carbocycles. The molecule has 0 unspecified atom stereocenters. The standard InChI is InChI=1S/C4H7N3O/c1-3(6-7-5)4-2-8-4/h3-4H,2H2,1H3/t3-,4+/m1/s1. The molecule has 1 rings (SSSR count). The van der Waals surface area contributed by atoms with Gasteiger partial charge >= 0.3 is 0 Å². The van der Waals surface area contributed by atoms with Crippen LogP contribution in [0.15, 0.2) is 5.11 Å². The topological polar surface area (TPSA) is 61.3 Å². The SMILES string of the molecule is C[C@@H](N=[N+]=[N-])[C@@H]1CO1. The molecular weight excluding hydrogens is 106 g/mol. The summed E-state index contributed by atoms with van der Waals surface area (Å²) in [4.78, 5) is 2.64. The predicted octanol–water partition coefficient (Wildman–Crippen LogP) is 1.08. The summed E-state index contributed by atoms with van der Waals surface area (Å²) in [6.45, 7) is 2.59. The van der Waals surface area contributed by atoms with Gasteiger partial charge in [-0.3, -0.25) is 0 Å². The summed E-state index contributed by atoms with van der Waals surface area (Å²) >= 11 is 0. The molecule has 1 aliphatic rings. The normalized spacial score (nSPS) is 28.4. The highest BCUT2D eigenvalue weighted by Crippen LogP contribution is 2.15. The number of hydrogen-bond donors (Lipinski definition) is 0. The fourth-order valence-corrected chi connectivity index (χ4v) is 0.490. The first kappa shape index (κ1) is 5.41. The number of epoxide rings is 1. The van der Waals surface area contributed by atoms with E-state index in [1.54, 1.807) is 0 Å². The Morgan fingerprint density at radius 3 is 3.00 bits per heavy atom. The number of azide groups is 1. The molecule has 0 radical (unpaired) electrons. The molecule has 1 heterocycles. The van der Waals surface area contributed by atoms with Crippen LogP contribution in [0.5, 0.6) is 0 Å². The van der Waals surface area contributed by atoms with Crippen LogP contribution >= 0.6 is 0 Å². The van der Waals surface area contributed by atoms with E-state index in [1.165, 1.54) is 0 Å². The van der Waals surface area contributed by atoms with Crippen LogP contribution in [0.1, 0.15) is 6.92 Å². The molecule has 0 aromatic carbocycles. The summed E-state index contributed by atoms with van der Waals surface area (Å²) < 4.78 is 4.86. The molecule has 4 heteroatoms. The van der Waals surface area contributed by atoms with Crippen LogP contribution in [0.4, 0.5) is 0 Å². The van der Waals surface area contributed by atoms with Gasteiger partial charge in [0.05, 0.1) is 18.8 Å². The number of hydrogen-bond acceptors (Lipinski definition) is 2. The second-order valence-corrected chi connectivity index (χ2v) is 1.82. The fraction of sp³-hybridized carbons (Fsp3) is 1.00. The number of ether oxygens (including phenoxy) is 1. The Kier molecular flexibility index (Phi) is 1.37. The third-order valence-electron chi connectivity index (χ3n) is 1.13. The van der Waals surface area contributed by atoms with Crippen LogP contribution in [-0.4, -0.2) is 18.8 Å². The first-order chi connectivity index (χ1) is 3.84. The minimum atomic E-state index is 0.0139. The molecular formula is C4H7N3O. The van der Waals surface area contributed by atoms with Gasteiger partial charge in [-0.1, -0.05) is 12.0 Å². The van der Waals surface area contributed by atoms with Crippen LogP contribution in [0.25, 0.3) is 10.4 Å². The highest BCUT2D eigenvalue weighted by molar-refractivity contribution is 4.81. The van der Waals surface area contributed by atoms with Crippen molar-refractivity contribution in [2.24, 2.45) is 5.11 Å². The van der Waals surface area contributed by atoms with Gasteiger partial charge in [0, 0.05) is 4.91 Å². The highest BCUT2D eigenvalue weighted by atomic mass is 16.6. The molecule has 0 aliphatic carbocycles. The monoisotopic (exact) mass is 113 g/mol. The van der Waals surface area contributed by atoms with E-state index in [-0.39, 0.29) is 12.1 Å². The van der Waals surface area contributed by atoms with Crippen molar-refractivity contribution in [2.45, 2.75) is 19.1 Å². The summed E-state index contributed by atoms with van der Waals surface area (Å²) in [6.07, 6.45) is 0.200. The molecule has 0 amide bonds. The molecule has 44 valence electrons. The Bertz CT molecular complexity index is 125. The van der Waals surface area contributed by atoms with Crippen molar-refractivity contribution in [1.82, 2.24) is 0 Å². The molecule has 4 nitrogen and oxygen atoms in total. The van der Waals surface area contributed by atoms with Crippen molar-refractivity contribution in [3.05, 3.63) is 10.4 Å². The van der Waals surface area contributed by atoms with Gasteiger partial charge in [0.2, 0.25) is 0 Å². The Morgan fingerprint density at radius 2 is 2.62 bits per heavy atom. The van der Waals surface area contributed by atoms with Gasteiger partial charge in [-0.15, -0.1) is 0 Å². The highest BCUT2D eigenvalue weighted by Gasteiger charge is 2.28. The molecule has 0 aromatic heterocycles. The summed E-state index contributed by atoms with van der Waals surface area (Å²) in [7, 11) is 0. The van der Waals surface area contributed by atoms with Gasteiger partial charge in [0.15, 0.2) is 0 Å². The van der Waals surface area contributed by atoms with Gasteiger partial charge in [-0.25, -0.2) is 0 Å². The first-order valence-corrected chi connectivity index (χ1v) is 2.50. The second kappa shape index (κ2) is 2.03. The minimum Gasteiger partial charge on any atom is -0.373 e. The van der Waals surface area contributed by atoms with Crippen LogP contribution in [0.2, 0.25) is 0 Å². The lowest BCUT2D eigenvalue weighted by Gasteiger charge is -1.92. The lowest BCUT2D eigenvalue weighted by atomic mass is 10.3. The second-order valence-electron chi connectivity index (χ2n) is 1.82. The molecule has 1 fully saturated rings. The maximum atomic E-state index is 7.92. The maximum absolute atomic E-state index is 7.92. The van der Waals surface area contributed by atoms with Crippen molar-refractivity contribution >= 4 is 0 Å². The quantitative estimate of drug-likeness (QED) is 0.229. The van der Waals surface area contributed by atoms with E-state index < -0.39 is 0 Å². The fourth-order valence-electron chi connectivity index (χ4n) is 0.490. The van der Waals surface area contributed by atoms with E-state index in [0.717, 1.165) is 6.61 Å². The lowest BCUT2D eigenvalue weighted by molar-refractivity contribution is 0.381. The summed E-state index contributed by atoms with van der Waals surface area (Å²) in [5.74, 6) is 0. The number of nitrogens with zero attached hydrogens (tertiary/aromatic N) is 3. The van der Waals surface area contributed by atoms with Crippen LogP contribution in [0, 0.1) is 0 Å². The predicted molar refractivity (Wildman–Crippen MR) is 28.3 cm³/mol. The van der Waals surface area contributed by atoms with E-state index >= 15 is 0 Å². The van der Waals surface area contributed by atoms with Crippen LogP contribution in [-0.2, 0) is 4.74 Å². The van der Waals surface area contributed by atoms with E-state index in [2.05, 4.69) is 10.0 Å².